The molecule has 2 amide bonds. The number of carbonyl (C=O) groups excluding carboxylic acids is 2. The van der Waals surface area contributed by atoms with E-state index < -0.39 is 0 Å². The van der Waals surface area contributed by atoms with Gasteiger partial charge in [0.1, 0.15) is 12.2 Å². The molecule has 0 aliphatic heterocycles. The van der Waals surface area contributed by atoms with Crippen molar-refractivity contribution in [2.24, 2.45) is 0 Å². The molecule has 128 valence electrons. The molecule has 0 spiro atoms. The first-order chi connectivity index (χ1) is 12.1. The van der Waals surface area contributed by atoms with E-state index in [1.165, 1.54) is 0 Å². The molecule has 6 heteroatoms. The zero-order valence-electron chi connectivity index (χ0n) is 13.9. The van der Waals surface area contributed by atoms with Crippen LogP contribution in [0.25, 0.3) is 0 Å². The first-order valence-electron chi connectivity index (χ1n) is 7.76. The highest BCUT2D eigenvalue weighted by Gasteiger charge is 2.05. The molecule has 0 heterocycles. The largest absolute Gasteiger partial charge is 0.497 e. The lowest BCUT2D eigenvalue weighted by Gasteiger charge is -2.08. The molecular formula is C19H19N3O3. The molecule has 2 rings (SSSR count). The van der Waals surface area contributed by atoms with E-state index in [-0.39, 0.29) is 24.7 Å². The molecule has 0 atom stereocenters. The highest BCUT2D eigenvalue weighted by Crippen LogP contribution is 2.13. The van der Waals surface area contributed by atoms with E-state index in [0.29, 0.717) is 12.2 Å². The molecule has 0 bridgehead atoms. The van der Waals surface area contributed by atoms with Crippen LogP contribution in [0.1, 0.15) is 17.5 Å². The SMILES string of the molecule is COc1ccc(CC(=O)NCc2cccc(NC(=O)CC#N)c2)cc1. The van der Waals surface area contributed by atoms with Crippen molar-refractivity contribution in [3.05, 3.63) is 59.7 Å². The first-order valence-corrected chi connectivity index (χ1v) is 7.76. The van der Waals surface area contributed by atoms with Crippen molar-refractivity contribution in [2.75, 3.05) is 12.4 Å². The predicted molar refractivity (Wildman–Crippen MR) is 93.8 cm³/mol. The number of nitrogens with zero attached hydrogens (tertiary/aromatic N) is 1. The number of anilines is 1. The Morgan fingerprint density at radius 1 is 1.08 bits per heavy atom. The molecule has 2 N–H and O–H groups in total. The molecule has 0 unspecified atom stereocenters. The Bertz CT molecular complexity index is 779. The van der Waals surface area contributed by atoms with E-state index in [9.17, 15) is 9.59 Å². The van der Waals surface area contributed by atoms with Crippen LogP contribution in [0.4, 0.5) is 5.69 Å². The molecule has 25 heavy (non-hydrogen) atoms. The summed E-state index contributed by atoms with van der Waals surface area (Å²) in [6.45, 7) is 0.358. The smallest absolute Gasteiger partial charge is 0.238 e. The Morgan fingerprint density at radius 3 is 2.52 bits per heavy atom. The lowest BCUT2D eigenvalue weighted by molar-refractivity contribution is -0.120. The maximum atomic E-state index is 12.0. The van der Waals surface area contributed by atoms with Crippen LogP contribution in [-0.4, -0.2) is 18.9 Å². The number of ether oxygens (including phenoxy) is 1. The van der Waals surface area contributed by atoms with Crippen molar-refractivity contribution >= 4 is 17.5 Å². The molecule has 2 aromatic carbocycles. The third-order valence-electron chi connectivity index (χ3n) is 3.46. The number of rotatable bonds is 7. The summed E-state index contributed by atoms with van der Waals surface area (Å²) >= 11 is 0. The van der Waals surface area contributed by atoms with Gasteiger partial charge >= 0.3 is 0 Å². The van der Waals surface area contributed by atoms with Gasteiger partial charge in [0.2, 0.25) is 11.8 Å². The number of methoxy groups -OCH3 is 1. The molecule has 0 aromatic heterocycles. The average Bonchev–Trinajstić information content (AvgIpc) is 2.61. The Balaban J connectivity index is 1.86. The number of nitriles is 1. The van der Waals surface area contributed by atoms with E-state index in [1.807, 2.05) is 30.3 Å². The first kappa shape index (κ1) is 18.0. The van der Waals surface area contributed by atoms with Crippen LogP contribution in [0, 0.1) is 11.3 Å². The summed E-state index contributed by atoms with van der Waals surface area (Å²) in [5.74, 6) is 0.298. The number of carbonyl (C=O) groups is 2. The molecule has 2 aromatic rings. The minimum atomic E-state index is -0.358. The zero-order chi connectivity index (χ0) is 18.1. The monoisotopic (exact) mass is 337 g/mol. The molecule has 6 nitrogen and oxygen atoms in total. The quantitative estimate of drug-likeness (QED) is 0.811. The third kappa shape index (κ3) is 5.99. The van der Waals surface area contributed by atoms with Gasteiger partial charge in [-0.15, -0.1) is 0 Å². The van der Waals surface area contributed by atoms with Crippen molar-refractivity contribution in [1.29, 1.82) is 5.26 Å². The second kappa shape index (κ2) is 9.08. The lowest BCUT2D eigenvalue weighted by Crippen LogP contribution is -2.24. The van der Waals surface area contributed by atoms with Crippen LogP contribution in [0.15, 0.2) is 48.5 Å². The summed E-state index contributed by atoms with van der Waals surface area (Å²) in [7, 11) is 1.60. The lowest BCUT2D eigenvalue weighted by atomic mass is 10.1. The highest BCUT2D eigenvalue weighted by molar-refractivity contribution is 5.92. The predicted octanol–water partition coefficient (Wildman–Crippen LogP) is 2.41. The van der Waals surface area contributed by atoms with Gasteiger partial charge in [0.05, 0.1) is 19.6 Å². The maximum Gasteiger partial charge on any atom is 0.238 e. The Morgan fingerprint density at radius 2 is 1.84 bits per heavy atom. The number of benzene rings is 2. The summed E-state index contributed by atoms with van der Waals surface area (Å²) in [5, 5.41) is 14.0. The van der Waals surface area contributed by atoms with Gasteiger partial charge in [-0.3, -0.25) is 9.59 Å². The molecular weight excluding hydrogens is 318 g/mol. The summed E-state index contributed by atoms with van der Waals surface area (Å²) < 4.78 is 5.09. The fourth-order valence-corrected chi connectivity index (χ4v) is 2.23. The second-order valence-corrected chi connectivity index (χ2v) is 5.39. The van der Waals surface area contributed by atoms with E-state index in [2.05, 4.69) is 10.6 Å². The summed E-state index contributed by atoms with van der Waals surface area (Å²) in [4.78, 5) is 23.5. The summed E-state index contributed by atoms with van der Waals surface area (Å²) in [5.41, 5.74) is 2.36. The Kier molecular flexibility index (Phi) is 6.55. The van der Waals surface area contributed by atoms with Gasteiger partial charge in [0, 0.05) is 12.2 Å². The molecule has 0 radical (unpaired) electrons. The van der Waals surface area contributed by atoms with Crippen LogP contribution in [0.2, 0.25) is 0 Å². The standard InChI is InChI=1S/C19H19N3O3/c1-25-17-7-5-14(6-8-17)12-19(24)21-13-15-3-2-4-16(11-15)22-18(23)9-10-20/h2-8,11H,9,12-13H2,1H3,(H,21,24)(H,22,23). The van der Waals surface area contributed by atoms with Crippen molar-refractivity contribution < 1.29 is 14.3 Å². The van der Waals surface area contributed by atoms with E-state index in [1.54, 1.807) is 31.4 Å². The molecule has 0 aliphatic rings. The molecule has 0 saturated carbocycles. The average molecular weight is 337 g/mol. The number of nitrogens with one attached hydrogen (secondary N) is 2. The molecule has 0 aliphatic carbocycles. The van der Waals surface area contributed by atoms with Gasteiger partial charge in [-0.2, -0.15) is 5.26 Å². The number of hydrogen-bond donors (Lipinski definition) is 2. The zero-order valence-corrected chi connectivity index (χ0v) is 13.9. The van der Waals surface area contributed by atoms with Gasteiger partial charge < -0.3 is 15.4 Å². The van der Waals surface area contributed by atoms with Crippen LogP contribution in [0.5, 0.6) is 5.75 Å². The van der Waals surface area contributed by atoms with Crippen molar-refractivity contribution in [3.8, 4) is 11.8 Å². The number of amides is 2. The molecule has 0 fully saturated rings. The van der Waals surface area contributed by atoms with Crippen LogP contribution in [0.3, 0.4) is 0 Å². The van der Waals surface area contributed by atoms with Gasteiger partial charge in [0.25, 0.3) is 0 Å². The Labute approximate surface area is 146 Å². The molecule has 0 saturated heterocycles. The maximum absolute atomic E-state index is 12.0. The normalized spacial score (nSPS) is 9.76. The van der Waals surface area contributed by atoms with E-state index in [4.69, 9.17) is 10.00 Å². The summed E-state index contributed by atoms with van der Waals surface area (Å²) in [6.07, 6.45) is 0.0887. The van der Waals surface area contributed by atoms with Gasteiger partial charge in [-0.25, -0.2) is 0 Å². The van der Waals surface area contributed by atoms with E-state index >= 15 is 0 Å². The fraction of sp³-hybridized carbons (Fsp3) is 0.211. The van der Waals surface area contributed by atoms with Crippen LogP contribution >= 0.6 is 0 Å². The van der Waals surface area contributed by atoms with Crippen molar-refractivity contribution in [3.63, 3.8) is 0 Å². The second-order valence-electron chi connectivity index (χ2n) is 5.39. The minimum absolute atomic E-state index is 0.0934. The fourth-order valence-electron chi connectivity index (χ4n) is 2.23. The topological polar surface area (TPSA) is 91.2 Å². The number of hydrogen-bond acceptors (Lipinski definition) is 4. The van der Waals surface area contributed by atoms with Crippen molar-refractivity contribution in [2.45, 2.75) is 19.4 Å². The van der Waals surface area contributed by atoms with Crippen LogP contribution < -0.4 is 15.4 Å². The summed E-state index contributed by atoms with van der Waals surface area (Å²) in [6, 6.07) is 16.3. The van der Waals surface area contributed by atoms with Crippen LogP contribution in [-0.2, 0) is 22.6 Å². The van der Waals surface area contributed by atoms with Gasteiger partial charge in [-0.1, -0.05) is 24.3 Å². The van der Waals surface area contributed by atoms with Gasteiger partial charge in [0.15, 0.2) is 0 Å². The van der Waals surface area contributed by atoms with E-state index in [0.717, 1.165) is 16.9 Å². The van der Waals surface area contributed by atoms with Crippen molar-refractivity contribution in [1.82, 2.24) is 5.32 Å². The highest BCUT2D eigenvalue weighted by atomic mass is 16.5. The minimum Gasteiger partial charge on any atom is -0.497 e. The van der Waals surface area contributed by atoms with Gasteiger partial charge in [-0.05, 0) is 35.4 Å². The Hall–Kier alpha value is -3.33. The third-order valence-corrected chi connectivity index (χ3v) is 3.46.